The van der Waals surface area contributed by atoms with Crippen molar-refractivity contribution in [3.05, 3.63) is 46.7 Å². The van der Waals surface area contributed by atoms with Gasteiger partial charge in [0.05, 0.1) is 11.7 Å². The second kappa shape index (κ2) is 9.18. The van der Waals surface area contributed by atoms with Gasteiger partial charge in [-0.15, -0.1) is 21.5 Å². The van der Waals surface area contributed by atoms with Crippen molar-refractivity contribution in [2.24, 2.45) is 7.05 Å². The third kappa shape index (κ3) is 5.31. The van der Waals surface area contributed by atoms with Gasteiger partial charge < -0.3 is 15.2 Å². The molecule has 28 heavy (non-hydrogen) atoms. The van der Waals surface area contributed by atoms with E-state index in [9.17, 15) is 9.59 Å². The maximum Gasteiger partial charge on any atom is 0.239 e. The minimum atomic E-state index is -0.400. The molecule has 2 amide bonds. The Kier molecular flexibility index (Phi) is 6.65. The number of hydrogen-bond donors (Lipinski definition) is 2. The summed E-state index contributed by atoms with van der Waals surface area (Å²) < 4.78 is 1.71. The average Bonchev–Trinajstić information content (AvgIpc) is 3.29. The molecular weight excluding hydrogens is 420 g/mol. The Balaban J connectivity index is 1.57. The highest BCUT2D eigenvalue weighted by Crippen LogP contribution is 2.23. The minimum absolute atomic E-state index is 0.0619. The first kappa shape index (κ1) is 20.3. The number of nitrogens with zero attached hydrogens (tertiary/aromatic N) is 4. The molecule has 0 saturated heterocycles. The van der Waals surface area contributed by atoms with Crippen molar-refractivity contribution < 1.29 is 9.59 Å². The maximum absolute atomic E-state index is 12.2. The van der Waals surface area contributed by atoms with Crippen molar-refractivity contribution in [1.82, 2.24) is 19.7 Å². The Bertz CT molecular complexity index is 959. The van der Waals surface area contributed by atoms with Crippen LogP contribution in [0.25, 0.3) is 0 Å². The van der Waals surface area contributed by atoms with Gasteiger partial charge in [-0.3, -0.25) is 9.59 Å². The number of thiazole rings is 1. The van der Waals surface area contributed by atoms with Gasteiger partial charge in [-0.2, -0.15) is 0 Å². The molecule has 0 fully saturated rings. The van der Waals surface area contributed by atoms with Crippen LogP contribution in [0, 0.1) is 0 Å². The second-order valence-corrected chi connectivity index (χ2v) is 8.42. The zero-order valence-corrected chi connectivity index (χ0v) is 17.4. The monoisotopic (exact) mass is 436 g/mol. The zero-order chi connectivity index (χ0) is 20.1. The van der Waals surface area contributed by atoms with E-state index in [4.69, 9.17) is 11.6 Å². The standard InChI is InChI=1S/C17H17ClN6O2S2/c1-10(15(26)21-16-19-7-8-27-16)28-17-23-22-13(24(17)2)9-14(25)20-12-5-3-11(18)4-6-12/h3-8,10H,9H2,1-2H3,(H,20,25)(H,19,21,26)/t10-/m1/s1. The molecule has 3 aromatic rings. The molecule has 1 aromatic carbocycles. The Hall–Kier alpha value is -2.43. The normalized spacial score (nSPS) is 11.8. The first-order chi connectivity index (χ1) is 13.4. The Labute approximate surface area is 174 Å². The van der Waals surface area contributed by atoms with E-state index >= 15 is 0 Å². The molecule has 11 heteroatoms. The van der Waals surface area contributed by atoms with Crippen LogP contribution in [0.5, 0.6) is 0 Å². The van der Waals surface area contributed by atoms with E-state index in [1.54, 1.807) is 54.4 Å². The molecule has 0 aliphatic heterocycles. The molecule has 0 radical (unpaired) electrons. The molecule has 2 aromatic heterocycles. The fraction of sp³-hybridized carbons (Fsp3) is 0.235. The Morgan fingerprint density at radius 2 is 2.00 bits per heavy atom. The summed E-state index contributed by atoms with van der Waals surface area (Å²) in [6.45, 7) is 1.77. The minimum Gasteiger partial charge on any atom is -0.326 e. The lowest BCUT2D eigenvalue weighted by molar-refractivity contribution is -0.116. The predicted molar refractivity (Wildman–Crippen MR) is 111 cm³/mol. The summed E-state index contributed by atoms with van der Waals surface area (Å²) in [4.78, 5) is 28.5. The lowest BCUT2D eigenvalue weighted by Crippen LogP contribution is -2.22. The number of benzene rings is 1. The van der Waals surface area contributed by atoms with Crippen molar-refractivity contribution in [2.45, 2.75) is 23.8 Å². The van der Waals surface area contributed by atoms with Gasteiger partial charge in [-0.1, -0.05) is 23.4 Å². The Morgan fingerprint density at radius 3 is 2.68 bits per heavy atom. The molecule has 0 bridgehead atoms. The number of rotatable bonds is 7. The van der Waals surface area contributed by atoms with Crippen LogP contribution in [0.4, 0.5) is 10.8 Å². The first-order valence-electron chi connectivity index (χ1n) is 8.23. The molecule has 8 nitrogen and oxygen atoms in total. The summed E-state index contributed by atoms with van der Waals surface area (Å²) in [5.74, 6) is 0.107. The maximum atomic E-state index is 12.2. The quantitative estimate of drug-likeness (QED) is 0.551. The molecule has 146 valence electrons. The fourth-order valence-electron chi connectivity index (χ4n) is 2.19. The smallest absolute Gasteiger partial charge is 0.239 e. The van der Waals surface area contributed by atoms with Gasteiger partial charge in [0.2, 0.25) is 11.8 Å². The number of aromatic nitrogens is 4. The van der Waals surface area contributed by atoms with E-state index in [1.807, 2.05) is 0 Å². The molecule has 2 heterocycles. The van der Waals surface area contributed by atoms with Gasteiger partial charge in [0.25, 0.3) is 0 Å². The number of thioether (sulfide) groups is 1. The number of hydrogen-bond acceptors (Lipinski definition) is 7. The van der Waals surface area contributed by atoms with Crippen LogP contribution in [0.3, 0.4) is 0 Å². The number of carbonyl (C=O) groups excluding carboxylic acids is 2. The van der Waals surface area contributed by atoms with Crippen LogP contribution >= 0.6 is 34.7 Å². The highest BCUT2D eigenvalue weighted by molar-refractivity contribution is 8.00. The highest BCUT2D eigenvalue weighted by atomic mass is 35.5. The van der Waals surface area contributed by atoms with Crippen molar-refractivity contribution in [3.8, 4) is 0 Å². The lowest BCUT2D eigenvalue weighted by Gasteiger charge is -2.10. The largest absolute Gasteiger partial charge is 0.326 e. The molecule has 0 unspecified atom stereocenters. The number of nitrogens with one attached hydrogen (secondary N) is 2. The summed E-state index contributed by atoms with van der Waals surface area (Å²) in [6.07, 6.45) is 1.69. The van der Waals surface area contributed by atoms with Gasteiger partial charge in [-0.25, -0.2) is 4.98 Å². The van der Waals surface area contributed by atoms with Crippen LogP contribution in [0.2, 0.25) is 5.02 Å². The molecule has 0 saturated carbocycles. The zero-order valence-electron chi connectivity index (χ0n) is 15.0. The van der Waals surface area contributed by atoms with Gasteiger partial charge in [0.15, 0.2) is 10.3 Å². The third-order valence-corrected chi connectivity index (χ3v) is 5.76. The van der Waals surface area contributed by atoms with Gasteiger partial charge >= 0.3 is 0 Å². The first-order valence-corrected chi connectivity index (χ1v) is 10.4. The molecule has 0 aliphatic carbocycles. The Morgan fingerprint density at radius 1 is 1.25 bits per heavy atom. The van der Waals surface area contributed by atoms with Gasteiger partial charge in [0, 0.05) is 29.3 Å². The van der Waals surface area contributed by atoms with Crippen molar-refractivity contribution in [2.75, 3.05) is 10.6 Å². The molecule has 2 N–H and O–H groups in total. The molecular formula is C17H17ClN6O2S2. The SMILES string of the molecule is C[C@@H](Sc1nnc(CC(=O)Nc2ccc(Cl)cc2)n1C)C(=O)Nc1nccs1. The predicted octanol–water partition coefficient (Wildman–Crippen LogP) is 3.23. The number of halogens is 1. The van der Waals surface area contributed by atoms with E-state index in [0.29, 0.717) is 26.8 Å². The molecule has 0 aliphatic rings. The fourth-order valence-corrected chi connectivity index (χ4v) is 3.68. The number of amides is 2. The lowest BCUT2D eigenvalue weighted by atomic mass is 10.3. The molecule has 1 atom stereocenters. The number of anilines is 2. The summed E-state index contributed by atoms with van der Waals surface area (Å²) >= 11 is 8.45. The van der Waals surface area contributed by atoms with Crippen LogP contribution in [0.1, 0.15) is 12.7 Å². The summed E-state index contributed by atoms with van der Waals surface area (Å²) in [5.41, 5.74) is 0.652. The van der Waals surface area contributed by atoms with Crippen LogP contribution in [-0.4, -0.2) is 36.8 Å². The van der Waals surface area contributed by atoms with Crippen LogP contribution < -0.4 is 10.6 Å². The van der Waals surface area contributed by atoms with Crippen molar-refractivity contribution in [1.29, 1.82) is 0 Å². The average molecular weight is 437 g/mol. The van der Waals surface area contributed by atoms with Crippen LogP contribution in [0.15, 0.2) is 41.0 Å². The number of carbonyl (C=O) groups is 2. The summed E-state index contributed by atoms with van der Waals surface area (Å²) in [6, 6.07) is 6.85. The van der Waals surface area contributed by atoms with E-state index < -0.39 is 5.25 Å². The second-order valence-electron chi connectivity index (χ2n) is 5.78. The van der Waals surface area contributed by atoms with Crippen molar-refractivity contribution in [3.63, 3.8) is 0 Å². The van der Waals surface area contributed by atoms with Gasteiger partial charge in [-0.05, 0) is 31.2 Å². The topological polar surface area (TPSA) is 102 Å². The van der Waals surface area contributed by atoms with Gasteiger partial charge in [0.1, 0.15) is 5.82 Å². The van der Waals surface area contributed by atoms with E-state index in [2.05, 4.69) is 25.8 Å². The van der Waals surface area contributed by atoms with E-state index in [1.165, 1.54) is 23.1 Å². The summed E-state index contributed by atoms with van der Waals surface area (Å²) in [5, 5.41) is 16.8. The highest BCUT2D eigenvalue weighted by Gasteiger charge is 2.20. The summed E-state index contributed by atoms with van der Waals surface area (Å²) in [7, 11) is 1.76. The van der Waals surface area contributed by atoms with Crippen molar-refractivity contribution >= 4 is 57.3 Å². The van der Waals surface area contributed by atoms with E-state index in [0.717, 1.165) is 0 Å². The van der Waals surface area contributed by atoms with E-state index in [-0.39, 0.29) is 18.2 Å². The molecule has 3 rings (SSSR count). The molecule has 0 spiro atoms. The third-order valence-electron chi connectivity index (χ3n) is 3.69. The van der Waals surface area contributed by atoms with Crippen LogP contribution in [-0.2, 0) is 23.1 Å².